The molecule has 0 radical (unpaired) electrons. The van der Waals surface area contributed by atoms with Crippen LogP contribution in [0.1, 0.15) is 12.5 Å². The smallest absolute Gasteiger partial charge is 0.166 e. The Bertz CT molecular complexity index is 631. The molecule has 2 aromatic carbocycles. The zero-order valence-corrected chi connectivity index (χ0v) is 12.7. The normalized spacial score (nSPS) is 13.0. The molecule has 0 spiro atoms. The van der Waals surface area contributed by atoms with Gasteiger partial charge in [0.05, 0.1) is 5.57 Å². The number of halogens is 4. The summed E-state index contributed by atoms with van der Waals surface area (Å²) in [7, 11) is 0. The first-order chi connectivity index (χ1) is 9.88. The van der Waals surface area contributed by atoms with Gasteiger partial charge in [0, 0.05) is 9.92 Å². The fourth-order valence-corrected chi connectivity index (χ4v) is 3.01. The van der Waals surface area contributed by atoms with Gasteiger partial charge in [0.2, 0.25) is 0 Å². The van der Waals surface area contributed by atoms with Crippen molar-refractivity contribution in [1.29, 1.82) is 0 Å². The molecule has 0 amide bonds. The van der Waals surface area contributed by atoms with Gasteiger partial charge in [0.1, 0.15) is 0 Å². The molecule has 0 N–H and O–H groups in total. The van der Waals surface area contributed by atoms with Crippen LogP contribution in [0.4, 0.5) is 13.2 Å². The average molecular weight is 329 g/mol. The molecular formula is C16H12ClF3S. The summed E-state index contributed by atoms with van der Waals surface area (Å²) in [6.45, 7) is 1.48. The Morgan fingerprint density at radius 3 is 2.05 bits per heavy atom. The Labute approximate surface area is 130 Å². The molecule has 0 fully saturated rings. The first-order valence-corrected chi connectivity index (χ1v) is 7.34. The van der Waals surface area contributed by atoms with Crippen LogP contribution in [0.25, 0.3) is 5.57 Å². The van der Waals surface area contributed by atoms with Crippen LogP contribution in [-0.2, 0) is 0 Å². The largest absolute Gasteiger partial charge is 0.417 e. The lowest BCUT2D eigenvalue weighted by molar-refractivity contribution is -0.0691. The van der Waals surface area contributed by atoms with Crippen molar-refractivity contribution in [2.75, 3.05) is 0 Å². The van der Waals surface area contributed by atoms with Gasteiger partial charge in [-0.2, -0.15) is 13.2 Å². The van der Waals surface area contributed by atoms with E-state index in [2.05, 4.69) is 0 Å². The van der Waals surface area contributed by atoms with Gasteiger partial charge in [0.25, 0.3) is 0 Å². The van der Waals surface area contributed by atoms with Gasteiger partial charge < -0.3 is 0 Å². The van der Waals surface area contributed by atoms with Crippen molar-refractivity contribution in [2.45, 2.75) is 18.0 Å². The number of thioether (sulfide) groups is 1. The summed E-state index contributed by atoms with van der Waals surface area (Å²) in [6.07, 6.45) is -4.42. The number of hydrogen-bond donors (Lipinski definition) is 0. The fourth-order valence-electron chi connectivity index (χ4n) is 1.90. The summed E-state index contributed by atoms with van der Waals surface area (Å²) in [5, 5.41) is 0.411. The van der Waals surface area contributed by atoms with E-state index in [9.17, 15) is 13.2 Å². The second kappa shape index (κ2) is 6.58. The Morgan fingerprint density at radius 1 is 0.952 bits per heavy atom. The SMILES string of the molecule is C/C(Sc1ccccc1)=C(/c1ccc(Cl)cc1)C(F)(F)F. The van der Waals surface area contributed by atoms with Crippen LogP contribution in [0, 0.1) is 0 Å². The third-order valence-electron chi connectivity index (χ3n) is 2.78. The molecule has 110 valence electrons. The van der Waals surface area contributed by atoms with Crippen LogP contribution in [0.2, 0.25) is 5.02 Å². The molecule has 2 aromatic rings. The van der Waals surface area contributed by atoms with Crippen LogP contribution in [0.3, 0.4) is 0 Å². The molecule has 0 saturated carbocycles. The van der Waals surface area contributed by atoms with Crippen LogP contribution < -0.4 is 0 Å². The molecule has 0 atom stereocenters. The minimum Gasteiger partial charge on any atom is -0.166 e. The van der Waals surface area contributed by atoms with Gasteiger partial charge >= 0.3 is 6.18 Å². The molecule has 0 aliphatic rings. The lowest BCUT2D eigenvalue weighted by Gasteiger charge is -2.16. The van der Waals surface area contributed by atoms with Crippen molar-refractivity contribution in [1.82, 2.24) is 0 Å². The van der Waals surface area contributed by atoms with E-state index in [0.29, 0.717) is 5.02 Å². The first kappa shape index (κ1) is 16.0. The van der Waals surface area contributed by atoms with E-state index in [1.54, 1.807) is 24.3 Å². The maximum atomic E-state index is 13.4. The highest BCUT2D eigenvalue weighted by Gasteiger charge is 2.36. The van der Waals surface area contributed by atoms with Crippen molar-refractivity contribution >= 4 is 28.9 Å². The minimum absolute atomic E-state index is 0.118. The molecule has 0 aromatic heterocycles. The van der Waals surface area contributed by atoms with Crippen LogP contribution in [0.5, 0.6) is 0 Å². The van der Waals surface area contributed by atoms with Crippen LogP contribution in [0.15, 0.2) is 64.4 Å². The fraction of sp³-hybridized carbons (Fsp3) is 0.125. The van der Waals surface area contributed by atoms with Crippen molar-refractivity contribution in [3.8, 4) is 0 Å². The Kier molecular flexibility index (Phi) is 5.01. The van der Waals surface area contributed by atoms with E-state index in [-0.39, 0.29) is 10.5 Å². The Morgan fingerprint density at radius 2 is 1.52 bits per heavy atom. The number of benzene rings is 2. The molecule has 0 bridgehead atoms. The standard InChI is InChI=1S/C16H12ClF3S/c1-11(21-14-5-3-2-4-6-14)15(16(18,19)20)12-7-9-13(17)10-8-12/h2-10H,1H3/b15-11+. The molecule has 0 aliphatic carbocycles. The van der Waals surface area contributed by atoms with Crippen molar-refractivity contribution in [3.05, 3.63) is 70.1 Å². The summed E-state index contributed by atoms with van der Waals surface area (Å²) in [5.41, 5.74) is -0.513. The second-order valence-corrected chi connectivity index (χ2v) is 6.08. The second-order valence-electron chi connectivity index (χ2n) is 4.35. The highest BCUT2D eigenvalue weighted by atomic mass is 35.5. The maximum Gasteiger partial charge on any atom is 0.417 e. The zero-order valence-electron chi connectivity index (χ0n) is 11.1. The predicted octanol–water partition coefficient (Wildman–Crippen LogP) is 6.43. The van der Waals surface area contributed by atoms with Gasteiger partial charge in [-0.05, 0) is 41.7 Å². The lowest BCUT2D eigenvalue weighted by atomic mass is 10.1. The summed E-state index contributed by atoms with van der Waals surface area (Å²) < 4.78 is 40.1. The van der Waals surface area contributed by atoms with Crippen LogP contribution in [-0.4, -0.2) is 6.18 Å². The Balaban J connectivity index is 2.44. The van der Waals surface area contributed by atoms with Gasteiger partial charge in [-0.15, -0.1) is 0 Å². The summed E-state index contributed by atoms with van der Waals surface area (Å²) in [5.74, 6) is 0. The van der Waals surface area contributed by atoms with Gasteiger partial charge in [-0.1, -0.05) is 53.7 Å². The first-order valence-electron chi connectivity index (χ1n) is 6.15. The third-order valence-corrected chi connectivity index (χ3v) is 4.05. The molecule has 2 rings (SSSR count). The molecular weight excluding hydrogens is 317 g/mol. The van der Waals surface area contributed by atoms with E-state index in [1.807, 2.05) is 6.07 Å². The van der Waals surface area contributed by atoms with Crippen molar-refractivity contribution in [2.24, 2.45) is 0 Å². The number of hydrogen-bond acceptors (Lipinski definition) is 1. The molecule has 5 heteroatoms. The van der Waals surface area contributed by atoms with Crippen molar-refractivity contribution in [3.63, 3.8) is 0 Å². The van der Waals surface area contributed by atoms with Crippen molar-refractivity contribution < 1.29 is 13.2 Å². The van der Waals surface area contributed by atoms with Gasteiger partial charge in [-0.25, -0.2) is 0 Å². The number of allylic oxidation sites excluding steroid dienone is 2. The molecule has 0 unspecified atom stereocenters. The molecule has 0 nitrogen and oxygen atoms in total. The predicted molar refractivity (Wildman–Crippen MR) is 82.4 cm³/mol. The lowest BCUT2D eigenvalue weighted by Crippen LogP contribution is -2.12. The Hall–Kier alpha value is -1.39. The summed E-state index contributed by atoms with van der Waals surface area (Å²) in [4.78, 5) is 0.974. The number of rotatable bonds is 3. The van der Waals surface area contributed by atoms with E-state index in [0.717, 1.165) is 16.7 Å². The maximum absolute atomic E-state index is 13.4. The molecule has 0 saturated heterocycles. The van der Waals surface area contributed by atoms with Crippen LogP contribution >= 0.6 is 23.4 Å². The summed E-state index contributed by atoms with van der Waals surface area (Å²) >= 11 is 6.84. The number of alkyl halides is 3. The van der Waals surface area contributed by atoms with E-state index < -0.39 is 11.7 Å². The zero-order chi connectivity index (χ0) is 15.5. The average Bonchev–Trinajstić information content (AvgIpc) is 2.41. The highest BCUT2D eigenvalue weighted by Crippen LogP contribution is 2.41. The monoisotopic (exact) mass is 328 g/mol. The third kappa shape index (κ3) is 4.29. The molecule has 0 heterocycles. The van der Waals surface area contributed by atoms with Gasteiger partial charge in [0.15, 0.2) is 0 Å². The van der Waals surface area contributed by atoms with E-state index in [4.69, 9.17) is 11.6 Å². The van der Waals surface area contributed by atoms with Gasteiger partial charge in [-0.3, -0.25) is 0 Å². The highest BCUT2D eigenvalue weighted by molar-refractivity contribution is 8.03. The van der Waals surface area contributed by atoms with E-state index in [1.165, 1.54) is 31.2 Å². The molecule has 0 aliphatic heterocycles. The van der Waals surface area contributed by atoms with E-state index >= 15 is 0 Å². The summed E-state index contributed by atoms with van der Waals surface area (Å²) in [6, 6.07) is 14.7. The quantitative estimate of drug-likeness (QED) is 0.585. The topological polar surface area (TPSA) is 0 Å². The minimum atomic E-state index is -4.42. The molecule has 21 heavy (non-hydrogen) atoms.